The zero-order valence-electron chi connectivity index (χ0n) is 9.77. The fourth-order valence-corrected chi connectivity index (χ4v) is 2.45. The summed E-state index contributed by atoms with van der Waals surface area (Å²) in [4.78, 5) is 15.8. The molecule has 0 saturated carbocycles. The number of hydrogen-bond donors (Lipinski definition) is 3. The number of rotatable bonds is 5. The van der Waals surface area contributed by atoms with Crippen LogP contribution in [-0.4, -0.2) is 43.9 Å². The van der Waals surface area contributed by atoms with E-state index in [0.29, 0.717) is 16.8 Å². The van der Waals surface area contributed by atoms with Crippen LogP contribution < -0.4 is 5.32 Å². The molecular weight excluding hydrogens is 238 g/mol. The molecule has 0 amide bonds. The van der Waals surface area contributed by atoms with Crippen LogP contribution in [0.2, 0.25) is 0 Å². The third-order valence-electron chi connectivity index (χ3n) is 2.32. The van der Waals surface area contributed by atoms with Gasteiger partial charge in [0.2, 0.25) is 5.95 Å². The number of H-pyrrole nitrogens is 1. The van der Waals surface area contributed by atoms with Crippen molar-refractivity contribution >= 4 is 28.9 Å². The summed E-state index contributed by atoms with van der Waals surface area (Å²) >= 11 is 1.61. The van der Waals surface area contributed by atoms with Crippen LogP contribution in [0.1, 0.15) is 13.3 Å². The summed E-state index contributed by atoms with van der Waals surface area (Å²) in [5, 5.41) is 13.0. The molecule has 3 N–H and O–H groups in total. The molecule has 0 aliphatic heterocycles. The van der Waals surface area contributed by atoms with Crippen LogP contribution in [0.25, 0.3) is 11.2 Å². The summed E-state index contributed by atoms with van der Waals surface area (Å²) in [6.45, 7) is 2.24. The number of imidazole rings is 1. The molecule has 0 fully saturated rings. The Kier molecular flexibility index (Phi) is 3.80. The monoisotopic (exact) mass is 253 g/mol. The Labute approximate surface area is 103 Å². The number of aliphatic hydroxyl groups is 1. The van der Waals surface area contributed by atoms with Gasteiger partial charge >= 0.3 is 0 Å². The van der Waals surface area contributed by atoms with Crippen LogP contribution in [0.3, 0.4) is 0 Å². The van der Waals surface area contributed by atoms with Crippen molar-refractivity contribution in [3.63, 3.8) is 0 Å². The molecule has 0 aliphatic rings. The Hall–Kier alpha value is -1.34. The van der Waals surface area contributed by atoms with Crippen LogP contribution in [-0.2, 0) is 0 Å². The van der Waals surface area contributed by atoms with E-state index in [0.717, 1.165) is 17.0 Å². The summed E-state index contributed by atoms with van der Waals surface area (Å²) in [7, 11) is 1.78. The maximum Gasteiger partial charge on any atom is 0.225 e. The Morgan fingerprint density at radius 3 is 3.06 bits per heavy atom. The lowest BCUT2D eigenvalue weighted by Crippen LogP contribution is -2.03. The van der Waals surface area contributed by atoms with Crippen molar-refractivity contribution in [3.05, 3.63) is 6.33 Å². The minimum atomic E-state index is 0.185. The van der Waals surface area contributed by atoms with Gasteiger partial charge in [-0.2, -0.15) is 4.98 Å². The number of aliphatic hydroxyl groups excluding tert-OH is 1. The lowest BCUT2D eigenvalue weighted by atomic mass is 10.3. The van der Waals surface area contributed by atoms with Gasteiger partial charge in [-0.15, -0.1) is 11.8 Å². The highest BCUT2D eigenvalue weighted by atomic mass is 32.2. The quantitative estimate of drug-likeness (QED) is 0.549. The molecule has 0 radical (unpaired) electrons. The molecule has 0 saturated heterocycles. The maximum atomic E-state index is 8.91. The average molecular weight is 253 g/mol. The third kappa shape index (κ3) is 2.67. The van der Waals surface area contributed by atoms with Crippen molar-refractivity contribution in [2.24, 2.45) is 0 Å². The Morgan fingerprint density at radius 1 is 1.53 bits per heavy atom. The molecule has 6 nitrogen and oxygen atoms in total. The van der Waals surface area contributed by atoms with E-state index < -0.39 is 0 Å². The molecular formula is C10H15N5OS. The summed E-state index contributed by atoms with van der Waals surface area (Å²) in [6, 6.07) is 0. The van der Waals surface area contributed by atoms with Crippen LogP contribution in [0.15, 0.2) is 11.4 Å². The smallest absolute Gasteiger partial charge is 0.225 e. The number of aromatic amines is 1. The van der Waals surface area contributed by atoms with Gasteiger partial charge in [-0.25, -0.2) is 9.97 Å². The second kappa shape index (κ2) is 5.33. The van der Waals surface area contributed by atoms with E-state index >= 15 is 0 Å². The van der Waals surface area contributed by atoms with Crippen LogP contribution in [0.4, 0.5) is 5.95 Å². The molecule has 2 heterocycles. The largest absolute Gasteiger partial charge is 0.396 e. The molecule has 0 aromatic carbocycles. The molecule has 0 spiro atoms. The summed E-state index contributed by atoms with van der Waals surface area (Å²) < 4.78 is 0. The summed E-state index contributed by atoms with van der Waals surface area (Å²) in [6.07, 6.45) is 2.35. The Balaban J connectivity index is 2.33. The molecule has 1 unspecified atom stereocenters. The topological polar surface area (TPSA) is 86.7 Å². The number of aromatic nitrogens is 4. The minimum Gasteiger partial charge on any atom is -0.396 e. The van der Waals surface area contributed by atoms with E-state index in [2.05, 4.69) is 32.2 Å². The van der Waals surface area contributed by atoms with Gasteiger partial charge in [0.25, 0.3) is 0 Å². The molecule has 0 bridgehead atoms. The molecule has 1 atom stereocenters. The van der Waals surface area contributed by atoms with Crippen molar-refractivity contribution in [3.8, 4) is 0 Å². The van der Waals surface area contributed by atoms with Gasteiger partial charge in [-0.05, 0) is 6.42 Å². The predicted octanol–water partition coefficient (Wildman–Crippen LogP) is 1.26. The first kappa shape index (κ1) is 12.1. The van der Waals surface area contributed by atoms with Crippen LogP contribution >= 0.6 is 11.8 Å². The third-order valence-corrected chi connectivity index (χ3v) is 3.48. The second-order valence-electron chi connectivity index (χ2n) is 3.64. The predicted molar refractivity (Wildman–Crippen MR) is 68.3 cm³/mol. The van der Waals surface area contributed by atoms with E-state index in [1.807, 2.05) is 0 Å². The fourth-order valence-electron chi connectivity index (χ4n) is 1.43. The molecule has 7 heteroatoms. The van der Waals surface area contributed by atoms with Gasteiger partial charge in [0.05, 0.1) is 6.33 Å². The van der Waals surface area contributed by atoms with Gasteiger partial charge < -0.3 is 15.4 Å². The van der Waals surface area contributed by atoms with Crippen molar-refractivity contribution in [2.75, 3.05) is 19.0 Å². The van der Waals surface area contributed by atoms with Crippen molar-refractivity contribution in [1.29, 1.82) is 0 Å². The molecule has 92 valence electrons. The van der Waals surface area contributed by atoms with E-state index in [1.165, 1.54) is 0 Å². The highest BCUT2D eigenvalue weighted by molar-refractivity contribution is 8.00. The number of nitrogens with zero attached hydrogens (tertiary/aromatic N) is 3. The van der Waals surface area contributed by atoms with Gasteiger partial charge in [0.1, 0.15) is 10.5 Å². The van der Waals surface area contributed by atoms with Gasteiger partial charge in [-0.1, -0.05) is 6.92 Å². The second-order valence-corrected chi connectivity index (χ2v) is 5.07. The number of fused-ring (bicyclic) bond motifs is 1. The van der Waals surface area contributed by atoms with E-state index in [-0.39, 0.29) is 6.61 Å². The molecule has 17 heavy (non-hydrogen) atoms. The zero-order valence-corrected chi connectivity index (χ0v) is 10.6. The first-order chi connectivity index (χ1) is 8.24. The number of nitrogens with one attached hydrogen (secondary N) is 2. The Morgan fingerprint density at radius 2 is 2.35 bits per heavy atom. The molecule has 2 rings (SSSR count). The van der Waals surface area contributed by atoms with E-state index in [4.69, 9.17) is 5.11 Å². The average Bonchev–Trinajstić information content (AvgIpc) is 2.77. The standard InChI is InChI=1S/C10H15N5OS/c1-6(3-4-16)17-9-7-8(13-5-12-7)14-10(11-2)15-9/h5-6,16H,3-4H2,1-2H3,(H2,11,12,13,14,15). The fraction of sp³-hybridized carbons (Fsp3) is 0.500. The zero-order chi connectivity index (χ0) is 12.3. The molecule has 0 aliphatic carbocycles. The van der Waals surface area contributed by atoms with Gasteiger partial charge in [-0.3, -0.25) is 0 Å². The van der Waals surface area contributed by atoms with Crippen molar-refractivity contribution in [1.82, 2.24) is 19.9 Å². The maximum absolute atomic E-state index is 8.91. The number of anilines is 1. The van der Waals surface area contributed by atoms with Crippen molar-refractivity contribution < 1.29 is 5.11 Å². The van der Waals surface area contributed by atoms with Crippen LogP contribution in [0.5, 0.6) is 0 Å². The SMILES string of the molecule is CNc1nc(SC(C)CCO)c2[nH]cnc2n1. The molecule has 2 aromatic heterocycles. The summed E-state index contributed by atoms with van der Waals surface area (Å²) in [5.41, 5.74) is 1.50. The van der Waals surface area contributed by atoms with Crippen molar-refractivity contribution in [2.45, 2.75) is 23.6 Å². The highest BCUT2D eigenvalue weighted by Gasteiger charge is 2.13. The van der Waals surface area contributed by atoms with E-state index in [9.17, 15) is 0 Å². The lowest BCUT2D eigenvalue weighted by molar-refractivity contribution is 0.289. The van der Waals surface area contributed by atoms with Gasteiger partial charge in [0.15, 0.2) is 5.65 Å². The number of hydrogen-bond acceptors (Lipinski definition) is 6. The van der Waals surface area contributed by atoms with E-state index in [1.54, 1.807) is 25.1 Å². The first-order valence-corrected chi connectivity index (χ1v) is 6.29. The van der Waals surface area contributed by atoms with Crippen LogP contribution in [0, 0.1) is 0 Å². The highest BCUT2D eigenvalue weighted by Crippen LogP contribution is 2.28. The minimum absolute atomic E-state index is 0.185. The summed E-state index contributed by atoms with van der Waals surface area (Å²) in [5.74, 6) is 0.559. The normalized spacial score (nSPS) is 12.9. The Bertz CT molecular complexity index is 500. The number of thioether (sulfide) groups is 1. The first-order valence-electron chi connectivity index (χ1n) is 5.41. The van der Waals surface area contributed by atoms with Gasteiger partial charge in [0, 0.05) is 18.9 Å². The lowest BCUT2D eigenvalue weighted by Gasteiger charge is -2.09. The molecule has 2 aromatic rings.